The third-order valence-corrected chi connectivity index (χ3v) is 2.21. The smallest absolute Gasteiger partial charge is 0.246 e. The van der Waals surface area contributed by atoms with Crippen LogP contribution in [0, 0.1) is 0 Å². The third kappa shape index (κ3) is 3.61. The molecule has 0 saturated carbocycles. The zero-order chi connectivity index (χ0) is 10.4. The summed E-state index contributed by atoms with van der Waals surface area (Å²) < 4.78 is 5.42. The molecular formula is C9H18N2O3. The molecule has 0 aromatic heterocycles. The van der Waals surface area contributed by atoms with E-state index in [4.69, 9.17) is 9.84 Å². The second-order valence-corrected chi connectivity index (χ2v) is 3.77. The van der Waals surface area contributed by atoms with Crippen LogP contribution in [0.25, 0.3) is 0 Å². The molecular weight excluding hydrogens is 184 g/mol. The van der Waals surface area contributed by atoms with E-state index in [2.05, 4.69) is 10.6 Å². The number of ether oxygens (including phenoxy) is 1. The van der Waals surface area contributed by atoms with Crippen molar-refractivity contribution < 1.29 is 14.6 Å². The van der Waals surface area contributed by atoms with E-state index >= 15 is 0 Å². The summed E-state index contributed by atoms with van der Waals surface area (Å²) in [4.78, 5) is 11.2. The lowest BCUT2D eigenvalue weighted by Gasteiger charge is -2.38. The van der Waals surface area contributed by atoms with E-state index in [-0.39, 0.29) is 24.7 Å². The topological polar surface area (TPSA) is 70.6 Å². The van der Waals surface area contributed by atoms with Gasteiger partial charge < -0.3 is 20.5 Å². The second kappa shape index (κ2) is 5.29. The van der Waals surface area contributed by atoms with E-state index < -0.39 is 0 Å². The summed E-state index contributed by atoms with van der Waals surface area (Å²) in [5.74, 6) is -0.119. The van der Waals surface area contributed by atoms with E-state index in [1.54, 1.807) is 0 Å². The number of carbonyl (C=O) groups excluding carboxylic acids is 1. The molecule has 0 aromatic carbocycles. The molecule has 0 bridgehead atoms. The monoisotopic (exact) mass is 202 g/mol. The summed E-state index contributed by atoms with van der Waals surface area (Å²) in [5.41, 5.74) is -0.172. The van der Waals surface area contributed by atoms with Gasteiger partial charge >= 0.3 is 0 Å². The highest BCUT2D eigenvalue weighted by Gasteiger charge is 2.32. The minimum Gasteiger partial charge on any atom is -0.396 e. The number of hydrogen-bond donors (Lipinski definition) is 3. The fourth-order valence-corrected chi connectivity index (χ4v) is 1.18. The van der Waals surface area contributed by atoms with Crippen molar-refractivity contribution in [2.45, 2.75) is 18.9 Å². The van der Waals surface area contributed by atoms with Gasteiger partial charge in [-0.3, -0.25) is 4.79 Å². The normalized spacial score (nSPS) is 18.7. The molecule has 0 radical (unpaired) electrons. The van der Waals surface area contributed by atoms with Crippen molar-refractivity contribution in [3.05, 3.63) is 0 Å². The Balaban J connectivity index is 2.03. The highest BCUT2D eigenvalue weighted by atomic mass is 16.5. The highest BCUT2D eigenvalue weighted by Crippen LogP contribution is 2.14. The molecule has 0 aromatic rings. The van der Waals surface area contributed by atoms with Crippen LogP contribution < -0.4 is 10.6 Å². The van der Waals surface area contributed by atoms with Gasteiger partial charge in [-0.05, 0) is 13.3 Å². The van der Waals surface area contributed by atoms with Crippen molar-refractivity contribution in [2.24, 2.45) is 0 Å². The molecule has 3 N–H and O–H groups in total. The first-order valence-electron chi connectivity index (χ1n) is 4.88. The molecule has 1 heterocycles. The number of carbonyl (C=O) groups is 1. The van der Waals surface area contributed by atoms with Gasteiger partial charge in [0.15, 0.2) is 0 Å². The minimum atomic E-state index is -0.172. The average molecular weight is 202 g/mol. The maximum atomic E-state index is 11.2. The van der Waals surface area contributed by atoms with Crippen molar-refractivity contribution in [2.75, 3.05) is 32.8 Å². The average Bonchev–Trinajstić information content (AvgIpc) is 2.12. The Labute approximate surface area is 83.8 Å². The quantitative estimate of drug-likeness (QED) is 0.476. The predicted octanol–water partition coefficient (Wildman–Crippen LogP) is -1.14. The zero-order valence-corrected chi connectivity index (χ0v) is 8.51. The van der Waals surface area contributed by atoms with Gasteiger partial charge in [0, 0.05) is 26.2 Å². The van der Waals surface area contributed by atoms with Crippen molar-refractivity contribution in [3.8, 4) is 0 Å². The largest absolute Gasteiger partial charge is 0.396 e. The van der Waals surface area contributed by atoms with Crippen molar-refractivity contribution >= 4 is 5.91 Å². The van der Waals surface area contributed by atoms with Gasteiger partial charge in [-0.2, -0.15) is 0 Å². The number of aliphatic hydroxyl groups is 1. The molecule has 0 atom stereocenters. The SMILES string of the molecule is CC1(OCC(=O)NCCCO)CNC1. The van der Waals surface area contributed by atoms with Crippen LogP contribution in [0.4, 0.5) is 0 Å². The summed E-state index contributed by atoms with van der Waals surface area (Å²) in [7, 11) is 0. The molecule has 1 saturated heterocycles. The van der Waals surface area contributed by atoms with Gasteiger partial charge in [-0.25, -0.2) is 0 Å². The van der Waals surface area contributed by atoms with Crippen LogP contribution in [0.2, 0.25) is 0 Å². The van der Waals surface area contributed by atoms with E-state index in [1.807, 2.05) is 6.92 Å². The van der Waals surface area contributed by atoms with E-state index in [1.165, 1.54) is 0 Å². The maximum Gasteiger partial charge on any atom is 0.246 e. The Kier molecular flexibility index (Phi) is 4.31. The molecule has 14 heavy (non-hydrogen) atoms. The fourth-order valence-electron chi connectivity index (χ4n) is 1.18. The Bertz CT molecular complexity index is 192. The number of nitrogens with one attached hydrogen (secondary N) is 2. The first kappa shape index (κ1) is 11.4. The first-order valence-corrected chi connectivity index (χ1v) is 4.88. The molecule has 5 heteroatoms. The predicted molar refractivity (Wildman–Crippen MR) is 51.9 cm³/mol. The first-order chi connectivity index (χ1) is 6.66. The molecule has 1 fully saturated rings. The molecule has 1 rings (SSSR count). The van der Waals surface area contributed by atoms with Crippen molar-refractivity contribution in [3.63, 3.8) is 0 Å². The Morgan fingerprint density at radius 1 is 1.64 bits per heavy atom. The van der Waals surface area contributed by atoms with Gasteiger partial charge in [0.05, 0.1) is 5.60 Å². The van der Waals surface area contributed by atoms with Gasteiger partial charge in [-0.1, -0.05) is 0 Å². The summed E-state index contributed by atoms with van der Waals surface area (Å²) >= 11 is 0. The maximum absolute atomic E-state index is 11.2. The van der Waals surface area contributed by atoms with Crippen LogP contribution in [-0.4, -0.2) is 49.5 Å². The summed E-state index contributed by atoms with van der Waals surface area (Å²) in [5, 5.41) is 14.2. The highest BCUT2D eigenvalue weighted by molar-refractivity contribution is 5.77. The molecule has 0 aliphatic carbocycles. The molecule has 0 spiro atoms. The lowest BCUT2D eigenvalue weighted by atomic mass is 10.0. The van der Waals surface area contributed by atoms with Gasteiger partial charge in [0.25, 0.3) is 0 Å². The molecule has 1 aliphatic heterocycles. The molecule has 1 aliphatic rings. The third-order valence-electron chi connectivity index (χ3n) is 2.21. The Morgan fingerprint density at radius 3 is 2.86 bits per heavy atom. The van der Waals surface area contributed by atoms with Gasteiger partial charge in [-0.15, -0.1) is 0 Å². The van der Waals surface area contributed by atoms with Crippen LogP contribution in [0.15, 0.2) is 0 Å². The van der Waals surface area contributed by atoms with Gasteiger partial charge in [0.2, 0.25) is 5.91 Å². The summed E-state index contributed by atoms with van der Waals surface area (Å²) in [6.07, 6.45) is 0.588. The summed E-state index contributed by atoms with van der Waals surface area (Å²) in [6.45, 7) is 4.29. The number of rotatable bonds is 6. The van der Waals surface area contributed by atoms with E-state index in [9.17, 15) is 4.79 Å². The number of aliphatic hydroxyl groups excluding tert-OH is 1. The molecule has 0 unspecified atom stereocenters. The lowest BCUT2D eigenvalue weighted by molar-refractivity contribution is -0.135. The standard InChI is InChI=1S/C9H18N2O3/c1-9(6-10-7-9)14-5-8(13)11-3-2-4-12/h10,12H,2-7H2,1H3,(H,11,13). The lowest BCUT2D eigenvalue weighted by Crippen LogP contribution is -2.59. The summed E-state index contributed by atoms with van der Waals surface area (Å²) in [6, 6.07) is 0. The molecule has 82 valence electrons. The fraction of sp³-hybridized carbons (Fsp3) is 0.889. The van der Waals surface area contributed by atoms with Crippen molar-refractivity contribution in [1.29, 1.82) is 0 Å². The number of amides is 1. The minimum absolute atomic E-state index is 0.1000. The molecule has 1 amide bonds. The Morgan fingerprint density at radius 2 is 2.36 bits per heavy atom. The van der Waals surface area contributed by atoms with Gasteiger partial charge in [0.1, 0.15) is 6.61 Å². The second-order valence-electron chi connectivity index (χ2n) is 3.77. The zero-order valence-electron chi connectivity index (χ0n) is 8.51. The van der Waals surface area contributed by atoms with Crippen molar-refractivity contribution in [1.82, 2.24) is 10.6 Å². The van der Waals surface area contributed by atoms with E-state index in [0.717, 1.165) is 13.1 Å². The van der Waals surface area contributed by atoms with Crippen LogP contribution in [0.5, 0.6) is 0 Å². The van der Waals surface area contributed by atoms with Crippen LogP contribution in [0.1, 0.15) is 13.3 Å². The molecule has 5 nitrogen and oxygen atoms in total. The Hall–Kier alpha value is -0.650. The van der Waals surface area contributed by atoms with Crippen LogP contribution in [0.3, 0.4) is 0 Å². The number of hydrogen-bond acceptors (Lipinski definition) is 4. The van der Waals surface area contributed by atoms with Crippen LogP contribution in [-0.2, 0) is 9.53 Å². The van der Waals surface area contributed by atoms with Crippen LogP contribution >= 0.6 is 0 Å². The van der Waals surface area contributed by atoms with E-state index in [0.29, 0.717) is 13.0 Å².